The predicted molar refractivity (Wildman–Crippen MR) is 130 cm³/mol. The lowest BCUT2D eigenvalue weighted by Crippen LogP contribution is -2.43. The number of carbonyl (C=O) groups excluding carboxylic acids is 1. The van der Waals surface area contributed by atoms with E-state index >= 15 is 0 Å². The normalized spacial score (nSPS) is 16.4. The predicted octanol–water partition coefficient (Wildman–Crippen LogP) is 4.98. The van der Waals surface area contributed by atoms with Gasteiger partial charge in [-0.25, -0.2) is 4.68 Å². The summed E-state index contributed by atoms with van der Waals surface area (Å²) in [6.07, 6.45) is 1.84. The number of piperidine rings is 1. The van der Waals surface area contributed by atoms with Gasteiger partial charge in [-0.15, -0.1) is 0 Å². The molecule has 0 saturated carbocycles. The number of hydrogen-bond donors (Lipinski definition) is 1. The van der Waals surface area contributed by atoms with Gasteiger partial charge < -0.3 is 10.2 Å². The summed E-state index contributed by atoms with van der Waals surface area (Å²) < 4.78 is 3.00. The number of halogens is 1. The highest BCUT2D eigenvalue weighted by atomic mass is 35.5. The van der Waals surface area contributed by atoms with Crippen molar-refractivity contribution >= 4 is 44.3 Å². The summed E-state index contributed by atoms with van der Waals surface area (Å²) in [5.74, 6) is 0.00680. The fourth-order valence-corrected chi connectivity index (χ4v) is 5.36. The molecule has 1 amide bonds. The number of nitrogens with zero attached hydrogens (tertiary/aromatic N) is 4. The molecule has 1 unspecified atom stereocenters. The highest BCUT2D eigenvalue weighted by molar-refractivity contribution is 7.22. The van der Waals surface area contributed by atoms with Crippen molar-refractivity contribution in [2.24, 2.45) is 5.92 Å². The maximum atomic E-state index is 12.9. The van der Waals surface area contributed by atoms with Crippen molar-refractivity contribution in [2.75, 3.05) is 18.0 Å². The number of anilines is 1. The van der Waals surface area contributed by atoms with Crippen LogP contribution in [0, 0.1) is 12.8 Å². The molecular weight excluding hydrogens is 442 g/mol. The Bertz CT molecular complexity index is 1250. The lowest BCUT2D eigenvalue weighted by Gasteiger charge is -2.31. The van der Waals surface area contributed by atoms with E-state index in [-0.39, 0.29) is 11.8 Å². The fourth-order valence-electron chi connectivity index (χ4n) is 4.14. The zero-order valence-corrected chi connectivity index (χ0v) is 19.4. The van der Waals surface area contributed by atoms with E-state index in [2.05, 4.69) is 15.3 Å². The molecule has 2 aromatic carbocycles. The number of amides is 1. The molecule has 2 aromatic heterocycles. The van der Waals surface area contributed by atoms with Crippen LogP contribution in [0.1, 0.15) is 24.1 Å². The van der Waals surface area contributed by atoms with Crippen molar-refractivity contribution in [3.05, 3.63) is 70.9 Å². The molecule has 3 heterocycles. The molecular formula is C24H24ClN5OS. The molecule has 8 heteroatoms. The van der Waals surface area contributed by atoms with Crippen LogP contribution in [0.2, 0.25) is 5.02 Å². The van der Waals surface area contributed by atoms with E-state index in [0.29, 0.717) is 18.1 Å². The van der Waals surface area contributed by atoms with Crippen molar-refractivity contribution in [2.45, 2.75) is 26.3 Å². The molecule has 164 valence electrons. The highest BCUT2D eigenvalue weighted by Crippen LogP contribution is 2.34. The van der Waals surface area contributed by atoms with Gasteiger partial charge in [-0.1, -0.05) is 59.3 Å². The van der Waals surface area contributed by atoms with Gasteiger partial charge in [0.1, 0.15) is 0 Å². The van der Waals surface area contributed by atoms with Crippen LogP contribution in [0.5, 0.6) is 0 Å². The summed E-state index contributed by atoms with van der Waals surface area (Å²) in [7, 11) is 0. The molecule has 1 atom stereocenters. The molecule has 1 N–H and O–H groups in total. The van der Waals surface area contributed by atoms with Crippen LogP contribution in [-0.4, -0.2) is 33.8 Å². The number of para-hydroxylation sites is 1. The van der Waals surface area contributed by atoms with Gasteiger partial charge in [-0.05, 0) is 43.5 Å². The van der Waals surface area contributed by atoms with Crippen molar-refractivity contribution in [1.29, 1.82) is 0 Å². The van der Waals surface area contributed by atoms with Crippen molar-refractivity contribution in [3.63, 3.8) is 0 Å². The molecule has 0 bridgehead atoms. The van der Waals surface area contributed by atoms with Crippen LogP contribution in [0.3, 0.4) is 0 Å². The molecule has 1 saturated heterocycles. The number of aromatic nitrogens is 3. The van der Waals surface area contributed by atoms with Gasteiger partial charge in [-0.3, -0.25) is 4.79 Å². The average molecular weight is 466 g/mol. The van der Waals surface area contributed by atoms with Gasteiger partial charge in [0.15, 0.2) is 10.8 Å². The number of nitrogens with one attached hydrogen (secondary N) is 1. The Morgan fingerprint density at radius 1 is 1.19 bits per heavy atom. The first-order valence-corrected chi connectivity index (χ1v) is 12.0. The SMILES string of the molecule is Cc1nn(-c2ccccc2)c2nc(N3CCCC(C(=O)NCc4ccccc4Cl)C3)sc12. The Morgan fingerprint density at radius 3 is 2.78 bits per heavy atom. The maximum Gasteiger partial charge on any atom is 0.225 e. The molecule has 6 nitrogen and oxygen atoms in total. The molecule has 1 aliphatic rings. The number of fused-ring (bicyclic) bond motifs is 1. The van der Waals surface area contributed by atoms with Crippen LogP contribution in [-0.2, 0) is 11.3 Å². The lowest BCUT2D eigenvalue weighted by molar-refractivity contribution is -0.125. The van der Waals surface area contributed by atoms with Gasteiger partial charge in [0, 0.05) is 24.7 Å². The van der Waals surface area contributed by atoms with Gasteiger partial charge in [0.2, 0.25) is 5.91 Å². The third-order valence-corrected chi connectivity index (χ3v) is 7.43. The highest BCUT2D eigenvalue weighted by Gasteiger charge is 2.28. The second kappa shape index (κ2) is 8.92. The molecule has 1 aliphatic heterocycles. The van der Waals surface area contributed by atoms with E-state index in [1.807, 2.05) is 66.2 Å². The van der Waals surface area contributed by atoms with Crippen LogP contribution in [0.25, 0.3) is 16.0 Å². The summed E-state index contributed by atoms with van der Waals surface area (Å²) in [5.41, 5.74) is 3.78. The molecule has 0 spiro atoms. The topological polar surface area (TPSA) is 63.1 Å². The van der Waals surface area contributed by atoms with Crippen molar-refractivity contribution in [1.82, 2.24) is 20.1 Å². The van der Waals surface area contributed by atoms with E-state index in [1.165, 1.54) is 0 Å². The van der Waals surface area contributed by atoms with E-state index in [9.17, 15) is 4.79 Å². The number of carbonyl (C=O) groups is 1. The number of thiazole rings is 1. The van der Waals surface area contributed by atoms with E-state index in [4.69, 9.17) is 16.6 Å². The quantitative estimate of drug-likeness (QED) is 0.451. The lowest BCUT2D eigenvalue weighted by atomic mass is 9.97. The molecule has 1 fully saturated rings. The monoisotopic (exact) mass is 465 g/mol. The second-order valence-electron chi connectivity index (χ2n) is 8.08. The Balaban J connectivity index is 1.32. The zero-order valence-electron chi connectivity index (χ0n) is 17.8. The van der Waals surface area contributed by atoms with Crippen LogP contribution in [0.4, 0.5) is 5.13 Å². The number of rotatable bonds is 5. The molecule has 5 rings (SSSR count). The second-order valence-corrected chi connectivity index (χ2v) is 9.46. The molecule has 4 aromatic rings. The first kappa shape index (κ1) is 21.0. The first-order chi connectivity index (χ1) is 15.6. The first-order valence-electron chi connectivity index (χ1n) is 10.8. The summed E-state index contributed by atoms with van der Waals surface area (Å²) in [5, 5.41) is 9.37. The zero-order chi connectivity index (χ0) is 22.1. The average Bonchev–Trinajstić information content (AvgIpc) is 3.40. The van der Waals surface area contributed by atoms with Gasteiger partial charge in [0.05, 0.1) is 22.0 Å². The van der Waals surface area contributed by atoms with Crippen molar-refractivity contribution < 1.29 is 4.79 Å². The molecule has 32 heavy (non-hydrogen) atoms. The molecule has 0 radical (unpaired) electrons. The van der Waals surface area contributed by atoms with Crippen LogP contribution < -0.4 is 10.2 Å². The maximum absolute atomic E-state index is 12.9. The van der Waals surface area contributed by atoms with Gasteiger partial charge >= 0.3 is 0 Å². The van der Waals surface area contributed by atoms with Crippen LogP contribution in [0.15, 0.2) is 54.6 Å². The van der Waals surface area contributed by atoms with E-state index in [1.54, 1.807) is 11.3 Å². The third kappa shape index (κ3) is 4.10. The Hall–Kier alpha value is -2.90. The van der Waals surface area contributed by atoms with Crippen molar-refractivity contribution in [3.8, 4) is 5.69 Å². The number of benzene rings is 2. The minimum absolute atomic E-state index is 0.0648. The van der Waals surface area contributed by atoms with Crippen LogP contribution >= 0.6 is 22.9 Å². The smallest absolute Gasteiger partial charge is 0.225 e. The fraction of sp³-hybridized carbons (Fsp3) is 0.292. The van der Waals surface area contributed by atoms with Gasteiger partial charge in [0.25, 0.3) is 0 Å². The summed E-state index contributed by atoms with van der Waals surface area (Å²) in [4.78, 5) is 20.0. The standard InChI is InChI=1S/C24H24ClN5OS/c1-16-21-22(30(28-16)19-10-3-2-4-11-19)27-24(32-21)29-13-7-9-18(15-29)23(31)26-14-17-8-5-6-12-20(17)25/h2-6,8,10-12,18H,7,9,13-15H2,1H3,(H,26,31). The Labute approximate surface area is 195 Å². The summed E-state index contributed by atoms with van der Waals surface area (Å²) in [6, 6.07) is 17.7. The summed E-state index contributed by atoms with van der Waals surface area (Å²) >= 11 is 7.88. The minimum atomic E-state index is -0.0648. The number of hydrogen-bond acceptors (Lipinski definition) is 5. The minimum Gasteiger partial charge on any atom is -0.352 e. The largest absolute Gasteiger partial charge is 0.352 e. The number of aryl methyl sites for hydroxylation is 1. The third-order valence-electron chi connectivity index (χ3n) is 5.85. The van der Waals surface area contributed by atoms with E-state index in [0.717, 1.165) is 51.8 Å². The van der Waals surface area contributed by atoms with Gasteiger partial charge in [-0.2, -0.15) is 10.1 Å². The Morgan fingerprint density at radius 2 is 1.97 bits per heavy atom. The summed E-state index contributed by atoms with van der Waals surface area (Å²) in [6.45, 7) is 4.04. The molecule has 0 aliphatic carbocycles. The Kier molecular flexibility index (Phi) is 5.85. The van der Waals surface area contributed by atoms with E-state index < -0.39 is 0 Å².